The van der Waals surface area contributed by atoms with Crippen molar-refractivity contribution in [2.24, 2.45) is 0 Å². The predicted molar refractivity (Wildman–Crippen MR) is 94.6 cm³/mol. The Hall–Kier alpha value is -2.69. The summed E-state index contributed by atoms with van der Waals surface area (Å²) in [5, 5.41) is 8.88. The van der Waals surface area contributed by atoms with E-state index >= 15 is 0 Å². The molecule has 0 aliphatic carbocycles. The van der Waals surface area contributed by atoms with Crippen LogP contribution in [0.5, 0.6) is 5.75 Å². The first-order valence-corrected chi connectivity index (χ1v) is 7.74. The van der Waals surface area contributed by atoms with Gasteiger partial charge >= 0.3 is 6.03 Å². The summed E-state index contributed by atoms with van der Waals surface area (Å²) in [5.74, 6) is 0.855. The molecular formula is C18H23N3O2. The summed E-state index contributed by atoms with van der Waals surface area (Å²) >= 11 is 0. The highest BCUT2D eigenvalue weighted by Gasteiger charge is 2.03. The number of amides is 2. The minimum Gasteiger partial charge on any atom is -0.494 e. The highest BCUT2D eigenvalue weighted by atomic mass is 16.5. The zero-order chi connectivity index (χ0) is 16.7. The first kappa shape index (κ1) is 16.7. The van der Waals surface area contributed by atoms with Gasteiger partial charge in [-0.25, -0.2) is 4.79 Å². The molecule has 0 atom stereocenters. The molecule has 0 bridgehead atoms. The Balaban J connectivity index is 1.93. The standard InChI is InChI=1S/C18H23N3O2/c1-4-23-17-11-9-15(10-12-17)20-14-5-7-16(8-6-14)21-18(22)19-13(2)3/h5-13,20H,4H2,1-3H3,(H2,19,21,22). The van der Waals surface area contributed by atoms with Gasteiger partial charge in [0.25, 0.3) is 0 Å². The summed E-state index contributed by atoms with van der Waals surface area (Å²) in [6.07, 6.45) is 0. The third-order valence-corrected chi connectivity index (χ3v) is 3.02. The quantitative estimate of drug-likeness (QED) is 0.742. The molecule has 0 saturated heterocycles. The van der Waals surface area contributed by atoms with Crippen molar-refractivity contribution < 1.29 is 9.53 Å². The fraction of sp³-hybridized carbons (Fsp3) is 0.278. The van der Waals surface area contributed by atoms with E-state index in [1.54, 1.807) is 0 Å². The average molecular weight is 313 g/mol. The molecule has 122 valence electrons. The number of anilines is 3. The maximum Gasteiger partial charge on any atom is 0.319 e. The lowest BCUT2D eigenvalue weighted by molar-refractivity contribution is 0.250. The normalized spacial score (nSPS) is 10.3. The van der Waals surface area contributed by atoms with Crippen LogP contribution in [-0.2, 0) is 0 Å². The Kier molecular flexibility index (Phi) is 5.86. The van der Waals surface area contributed by atoms with Crippen molar-refractivity contribution in [3.05, 3.63) is 48.5 Å². The molecule has 0 unspecified atom stereocenters. The van der Waals surface area contributed by atoms with Crippen molar-refractivity contribution in [2.75, 3.05) is 17.2 Å². The first-order valence-electron chi connectivity index (χ1n) is 7.74. The molecule has 2 aromatic rings. The number of ether oxygens (including phenoxy) is 1. The van der Waals surface area contributed by atoms with Crippen molar-refractivity contribution in [3.63, 3.8) is 0 Å². The number of nitrogens with one attached hydrogen (secondary N) is 3. The van der Waals surface area contributed by atoms with E-state index in [0.717, 1.165) is 22.8 Å². The third kappa shape index (κ3) is 5.54. The third-order valence-electron chi connectivity index (χ3n) is 3.02. The van der Waals surface area contributed by atoms with Crippen LogP contribution in [0, 0.1) is 0 Å². The molecule has 5 heteroatoms. The van der Waals surface area contributed by atoms with Crippen LogP contribution in [0.15, 0.2) is 48.5 Å². The minimum atomic E-state index is -0.202. The van der Waals surface area contributed by atoms with E-state index in [9.17, 15) is 4.79 Å². The second kappa shape index (κ2) is 8.08. The molecular weight excluding hydrogens is 290 g/mol. The van der Waals surface area contributed by atoms with Crippen LogP contribution in [0.4, 0.5) is 21.9 Å². The fourth-order valence-corrected chi connectivity index (χ4v) is 2.03. The molecule has 0 fully saturated rings. The Labute approximate surface area is 137 Å². The summed E-state index contributed by atoms with van der Waals surface area (Å²) < 4.78 is 5.42. The van der Waals surface area contributed by atoms with Gasteiger partial charge in [0, 0.05) is 23.1 Å². The second-order valence-corrected chi connectivity index (χ2v) is 5.41. The highest BCUT2D eigenvalue weighted by Crippen LogP contribution is 2.21. The van der Waals surface area contributed by atoms with Crippen LogP contribution in [0.1, 0.15) is 20.8 Å². The Morgan fingerprint density at radius 2 is 1.48 bits per heavy atom. The molecule has 23 heavy (non-hydrogen) atoms. The van der Waals surface area contributed by atoms with E-state index in [2.05, 4.69) is 16.0 Å². The van der Waals surface area contributed by atoms with Crippen LogP contribution in [0.2, 0.25) is 0 Å². The van der Waals surface area contributed by atoms with Crippen LogP contribution >= 0.6 is 0 Å². The first-order chi connectivity index (χ1) is 11.1. The van der Waals surface area contributed by atoms with Gasteiger partial charge in [-0.2, -0.15) is 0 Å². The molecule has 0 aliphatic heterocycles. The summed E-state index contributed by atoms with van der Waals surface area (Å²) in [5.41, 5.74) is 2.68. The minimum absolute atomic E-state index is 0.107. The molecule has 0 spiro atoms. The zero-order valence-corrected chi connectivity index (χ0v) is 13.7. The van der Waals surface area contributed by atoms with Crippen LogP contribution in [0.25, 0.3) is 0 Å². The molecule has 2 rings (SSSR count). The number of carbonyl (C=O) groups is 1. The van der Waals surface area contributed by atoms with Crippen LogP contribution in [-0.4, -0.2) is 18.7 Å². The van der Waals surface area contributed by atoms with E-state index in [1.807, 2.05) is 69.3 Å². The van der Waals surface area contributed by atoms with Crippen molar-refractivity contribution in [1.29, 1.82) is 0 Å². The topological polar surface area (TPSA) is 62.4 Å². The fourth-order valence-electron chi connectivity index (χ4n) is 2.03. The smallest absolute Gasteiger partial charge is 0.319 e. The van der Waals surface area contributed by atoms with Gasteiger partial charge in [0.05, 0.1) is 6.61 Å². The predicted octanol–water partition coefficient (Wildman–Crippen LogP) is 4.36. The van der Waals surface area contributed by atoms with E-state index < -0.39 is 0 Å². The second-order valence-electron chi connectivity index (χ2n) is 5.41. The lowest BCUT2D eigenvalue weighted by Crippen LogP contribution is -2.34. The van der Waals surface area contributed by atoms with Gasteiger partial charge in [0.2, 0.25) is 0 Å². The van der Waals surface area contributed by atoms with Crippen LogP contribution < -0.4 is 20.7 Å². The molecule has 5 nitrogen and oxygen atoms in total. The molecule has 0 aliphatic rings. The monoisotopic (exact) mass is 313 g/mol. The van der Waals surface area contributed by atoms with Gasteiger partial charge < -0.3 is 20.7 Å². The van der Waals surface area contributed by atoms with Crippen molar-refractivity contribution in [2.45, 2.75) is 26.8 Å². The number of benzene rings is 2. The zero-order valence-electron chi connectivity index (χ0n) is 13.7. The van der Waals surface area contributed by atoms with Crippen LogP contribution in [0.3, 0.4) is 0 Å². The summed E-state index contributed by atoms with van der Waals surface area (Å²) in [6.45, 7) is 6.46. The van der Waals surface area contributed by atoms with E-state index in [1.165, 1.54) is 0 Å². The van der Waals surface area contributed by atoms with E-state index in [4.69, 9.17) is 4.74 Å². The Morgan fingerprint density at radius 1 is 0.957 bits per heavy atom. The van der Waals surface area contributed by atoms with E-state index in [0.29, 0.717) is 6.61 Å². The van der Waals surface area contributed by atoms with Crippen molar-refractivity contribution in [3.8, 4) is 5.75 Å². The van der Waals surface area contributed by atoms with Crippen molar-refractivity contribution in [1.82, 2.24) is 5.32 Å². The molecule has 0 aromatic heterocycles. The van der Waals surface area contributed by atoms with Gasteiger partial charge in [-0.3, -0.25) is 0 Å². The summed E-state index contributed by atoms with van der Waals surface area (Å²) in [4.78, 5) is 11.6. The largest absolute Gasteiger partial charge is 0.494 e. The molecule has 0 heterocycles. The summed E-state index contributed by atoms with van der Waals surface area (Å²) in [6, 6.07) is 15.2. The summed E-state index contributed by atoms with van der Waals surface area (Å²) in [7, 11) is 0. The maximum atomic E-state index is 11.6. The lowest BCUT2D eigenvalue weighted by Gasteiger charge is -2.11. The Morgan fingerprint density at radius 3 is 2.00 bits per heavy atom. The molecule has 3 N–H and O–H groups in total. The number of urea groups is 1. The van der Waals surface area contributed by atoms with Crippen molar-refractivity contribution >= 4 is 23.1 Å². The number of rotatable bonds is 6. The Bertz CT molecular complexity index is 622. The van der Waals surface area contributed by atoms with Gasteiger partial charge in [-0.05, 0) is 69.3 Å². The van der Waals surface area contributed by atoms with Gasteiger partial charge in [-0.1, -0.05) is 0 Å². The van der Waals surface area contributed by atoms with Gasteiger partial charge in [-0.15, -0.1) is 0 Å². The molecule has 0 saturated carbocycles. The van der Waals surface area contributed by atoms with Gasteiger partial charge in [0.1, 0.15) is 5.75 Å². The maximum absolute atomic E-state index is 11.6. The number of hydrogen-bond acceptors (Lipinski definition) is 3. The van der Waals surface area contributed by atoms with E-state index in [-0.39, 0.29) is 12.1 Å². The molecule has 2 aromatic carbocycles. The number of hydrogen-bond donors (Lipinski definition) is 3. The average Bonchev–Trinajstić information content (AvgIpc) is 2.51. The lowest BCUT2D eigenvalue weighted by atomic mass is 10.2. The molecule has 0 radical (unpaired) electrons. The van der Waals surface area contributed by atoms with Gasteiger partial charge in [0.15, 0.2) is 0 Å². The molecule has 2 amide bonds. The number of carbonyl (C=O) groups excluding carboxylic acids is 1. The highest BCUT2D eigenvalue weighted by molar-refractivity contribution is 5.89. The SMILES string of the molecule is CCOc1ccc(Nc2ccc(NC(=O)NC(C)C)cc2)cc1.